The number of hydrogen-bond acceptors (Lipinski definition) is 3. The second-order valence-electron chi connectivity index (χ2n) is 8.99. The number of ketones is 2. The molecule has 0 heterocycles. The number of Topliss-reactive ketones (excluding diaryl/α,β-unsaturated/α-hetero) is 2. The molecule has 0 bridgehead atoms. The molecule has 0 aliphatic heterocycles. The summed E-state index contributed by atoms with van der Waals surface area (Å²) >= 11 is 0. The lowest BCUT2D eigenvalue weighted by Crippen LogP contribution is -2.57. The minimum atomic E-state index is -0.188. The van der Waals surface area contributed by atoms with Crippen molar-refractivity contribution >= 4 is 11.6 Å². The van der Waals surface area contributed by atoms with E-state index in [2.05, 4.69) is 13.8 Å². The van der Waals surface area contributed by atoms with Gasteiger partial charge in [-0.25, -0.2) is 0 Å². The summed E-state index contributed by atoms with van der Waals surface area (Å²) in [5, 5.41) is 10.4. The molecule has 3 nitrogen and oxygen atoms in total. The summed E-state index contributed by atoms with van der Waals surface area (Å²) in [7, 11) is 0. The van der Waals surface area contributed by atoms with Gasteiger partial charge in [0.2, 0.25) is 0 Å². The lowest BCUT2D eigenvalue weighted by Gasteiger charge is -2.59. The van der Waals surface area contributed by atoms with Gasteiger partial charge in [-0.15, -0.1) is 0 Å². The Morgan fingerprint density at radius 1 is 0.955 bits per heavy atom. The Bertz CT molecular complexity index is 527. The average Bonchev–Trinajstić information content (AvgIpc) is 2.77. The number of aliphatic hydroxyl groups is 1. The second kappa shape index (κ2) is 4.66. The highest BCUT2D eigenvalue weighted by atomic mass is 16.3. The molecule has 4 rings (SSSR count). The Hall–Kier alpha value is -0.700. The fourth-order valence-corrected chi connectivity index (χ4v) is 6.81. The van der Waals surface area contributed by atoms with Crippen molar-refractivity contribution in [3.63, 3.8) is 0 Å². The van der Waals surface area contributed by atoms with E-state index in [1.54, 1.807) is 0 Å². The van der Waals surface area contributed by atoms with Crippen molar-refractivity contribution < 1.29 is 14.7 Å². The molecule has 22 heavy (non-hydrogen) atoms. The Morgan fingerprint density at radius 3 is 2.45 bits per heavy atom. The van der Waals surface area contributed by atoms with Crippen LogP contribution < -0.4 is 0 Å². The molecule has 3 heteroatoms. The van der Waals surface area contributed by atoms with Gasteiger partial charge in [0.05, 0.1) is 6.10 Å². The van der Waals surface area contributed by atoms with Crippen molar-refractivity contribution in [2.45, 2.75) is 71.3 Å². The van der Waals surface area contributed by atoms with Crippen molar-refractivity contribution in [3.05, 3.63) is 0 Å². The zero-order valence-electron chi connectivity index (χ0n) is 13.8. The first kappa shape index (κ1) is 14.9. The van der Waals surface area contributed by atoms with Crippen molar-refractivity contribution in [1.82, 2.24) is 0 Å². The molecule has 0 radical (unpaired) electrons. The average molecular weight is 304 g/mol. The molecule has 0 aromatic carbocycles. The van der Waals surface area contributed by atoms with E-state index in [-0.39, 0.29) is 28.6 Å². The summed E-state index contributed by atoms with van der Waals surface area (Å²) in [6, 6.07) is 0. The first-order chi connectivity index (χ1) is 10.4. The lowest BCUT2D eigenvalue weighted by molar-refractivity contribution is -0.160. The molecule has 1 N–H and O–H groups in total. The van der Waals surface area contributed by atoms with Crippen LogP contribution in [0.25, 0.3) is 0 Å². The zero-order valence-corrected chi connectivity index (χ0v) is 13.8. The fraction of sp³-hybridized carbons (Fsp3) is 0.895. The van der Waals surface area contributed by atoms with Gasteiger partial charge in [0, 0.05) is 25.2 Å². The predicted molar refractivity (Wildman–Crippen MR) is 83.1 cm³/mol. The van der Waals surface area contributed by atoms with Gasteiger partial charge < -0.3 is 5.11 Å². The zero-order chi connectivity index (χ0) is 15.7. The van der Waals surface area contributed by atoms with Gasteiger partial charge in [0.1, 0.15) is 11.6 Å². The third kappa shape index (κ3) is 1.78. The molecular weight excluding hydrogens is 276 g/mol. The molecule has 4 fully saturated rings. The van der Waals surface area contributed by atoms with E-state index in [0.29, 0.717) is 42.8 Å². The van der Waals surface area contributed by atoms with E-state index in [9.17, 15) is 14.7 Å². The Kier molecular flexibility index (Phi) is 3.15. The molecule has 0 saturated heterocycles. The molecule has 0 amide bonds. The molecule has 7 atom stereocenters. The van der Waals surface area contributed by atoms with Crippen molar-refractivity contribution in [2.75, 3.05) is 0 Å². The fourth-order valence-electron chi connectivity index (χ4n) is 6.81. The van der Waals surface area contributed by atoms with Crippen molar-refractivity contribution in [3.8, 4) is 0 Å². The van der Waals surface area contributed by atoms with E-state index < -0.39 is 0 Å². The van der Waals surface area contributed by atoms with Crippen LogP contribution in [0.1, 0.15) is 65.2 Å². The molecule has 4 aliphatic rings. The maximum absolute atomic E-state index is 12.8. The third-order valence-corrected chi connectivity index (χ3v) is 8.23. The van der Waals surface area contributed by atoms with Crippen molar-refractivity contribution in [1.29, 1.82) is 0 Å². The SMILES string of the molecule is C[C@]12CCC(=O)CC1C(=O)CC1C2CC[C@@]2(C)C1CC[C@@H]2O. The number of carbonyl (C=O) groups excluding carboxylic acids is 2. The highest BCUT2D eigenvalue weighted by molar-refractivity contribution is 5.90. The van der Waals surface area contributed by atoms with Gasteiger partial charge in [-0.2, -0.15) is 0 Å². The van der Waals surface area contributed by atoms with Crippen LogP contribution in [0, 0.1) is 34.5 Å². The van der Waals surface area contributed by atoms with E-state index in [4.69, 9.17) is 0 Å². The summed E-state index contributed by atoms with van der Waals surface area (Å²) in [5.74, 6) is 2.12. The maximum Gasteiger partial charge on any atom is 0.137 e. The van der Waals surface area contributed by atoms with Crippen molar-refractivity contribution in [2.24, 2.45) is 34.5 Å². The van der Waals surface area contributed by atoms with Crippen LogP contribution in [0.3, 0.4) is 0 Å². The summed E-state index contributed by atoms with van der Waals surface area (Å²) < 4.78 is 0. The number of carbonyl (C=O) groups is 2. The minimum absolute atomic E-state index is 0.0225. The molecule has 0 aromatic heterocycles. The predicted octanol–water partition coefficient (Wildman–Crippen LogP) is 3.14. The third-order valence-electron chi connectivity index (χ3n) is 8.23. The highest BCUT2D eigenvalue weighted by Crippen LogP contribution is 2.65. The quantitative estimate of drug-likeness (QED) is 0.748. The molecule has 0 aromatic rings. The summed E-state index contributed by atoms with van der Waals surface area (Å²) in [6.07, 6.45) is 6.71. The second-order valence-corrected chi connectivity index (χ2v) is 8.99. The van der Waals surface area contributed by atoms with Crippen LogP contribution in [-0.4, -0.2) is 22.8 Å². The van der Waals surface area contributed by atoms with E-state index in [1.165, 1.54) is 0 Å². The molecular formula is C19H28O3. The van der Waals surface area contributed by atoms with E-state index in [0.717, 1.165) is 32.1 Å². The largest absolute Gasteiger partial charge is 0.393 e. The van der Waals surface area contributed by atoms with Gasteiger partial charge >= 0.3 is 0 Å². The van der Waals surface area contributed by atoms with Gasteiger partial charge in [0.15, 0.2) is 0 Å². The van der Waals surface area contributed by atoms with Crippen LogP contribution in [-0.2, 0) is 9.59 Å². The van der Waals surface area contributed by atoms with Gasteiger partial charge in [0.25, 0.3) is 0 Å². The standard InChI is InChI=1S/C19H28O3/c1-18-7-5-11(20)9-15(18)16(21)10-12-13-3-4-17(22)19(13,2)8-6-14(12)18/h12-15,17,22H,3-10H2,1-2H3/t12?,13?,14?,15?,17-,18+,19-/m0/s1. The monoisotopic (exact) mass is 304 g/mol. The van der Waals surface area contributed by atoms with Crippen LogP contribution in [0.15, 0.2) is 0 Å². The summed E-state index contributed by atoms with van der Waals surface area (Å²) in [5.41, 5.74) is 0.0535. The Labute approximate surface area is 132 Å². The molecule has 4 unspecified atom stereocenters. The molecule has 4 saturated carbocycles. The smallest absolute Gasteiger partial charge is 0.137 e. The summed E-state index contributed by atoms with van der Waals surface area (Å²) in [6.45, 7) is 4.53. The summed E-state index contributed by atoms with van der Waals surface area (Å²) in [4.78, 5) is 24.7. The van der Waals surface area contributed by atoms with Gasteiger partial charge in [-0.3, -0.25) is 9.59 Å². The van der Waals surface area contributed by atoms with Crippen LogP contribution >= 0.6 is 0 Å². The molecule has 4 aliphatic carbocycles. The van der Waals surface area contributed by atoms with E-state index >= 15 is 0 Å². The van der Waals surface area contributed by atoms with Gasteiger partial charge in [-0.1, -0.05) is 13.8 Å². The van der Waals surface area contributed by atoms with E-state index in [1.807, 2.05) is 0 Å². The Balaban J connectivity index is 1.69. The Morgan fingerprint density at radius 2 is 1.68 bits per heavy atom. The highest BCUT2D eigenvalue weighted by Gasteiger charge is 2.62. The normalized spacial score (nSPS) is 54.6. The van der Waals surface area contributed by atoms with Crippen LogP contribution in [0.2, 0.25) is 0 Å². The van der Waals surface area contributed by atoms with Crippen LogP contribution in [0.4, 0.5) is 0 Å². The molecule has 0 spiro atoms. The minimum Gasteiger partial charge on any atom is -0.393 e. The van der Waals surface area contributed by atoms with Crippen LogP contribution in [0.5, 0.6) is 0 Å². The number of aliphatic hydroxyl groups excluding tert-OH is 1. The first-order valence-corrected chi connectivity index (χ1v) is 9.09. The maximum atomic E-state index is 12.8. The topological polar surface area (TPSA) is 54.4 Å². The lowest BCUT2D eigenvalue weighted by atomic mass is 9.45. The first-order valence-electron chi connectivity index (χ1n) is 9.09. The number of rotatable bonds is 0. The number of fused-ring (bicyclic) bond motifs is 5. The van der Waals surface area contributed by atoms with Gasteiger partial charge in [-0.05, 0) is 60.7 Å². The number of hydrogen-bond donors (Lipinski definition) is 1. The molecule has 122 valence electrons.